The van der Waals surface area contributed by atoms with Crippen LogP contribution >= 0.6 is 0 Å². The maximum Gasteiger partial charge on any atom is 0.261 e. The van der Waals surface area contributed by atoms with Gasteiger partial charge < -0.3 is 9.47 Å². The topological polar surface area (TPSA) is 68.2 Å². The van der Waals surface area contributed by atoms with Gasteiger partial charge in [-0.25, -0.2) is 0 Å². The molecule has 0 atom stereocenters. The van der Waals surface area contributed by atoms with Crippen LogP contribution in [-0.4, -0.2) is 49.7 Å². The van der Waals surface area contributed by atoms with Crippen molar-refractivity contribution in [2.45, 2.75) is 6.42 Å². The highest BCUT2D eigenvalue weighted by molar-refractivity contribution is 6.23. The monoisotopic (exact) mass is 350 g/mol. The molecular formula is C20H18N2O4. The molecule has 26 heavy (non-hydrogen) atoms. The van der Waals surface area contributed by atoms with Crippen molar-refractivity contribution in [3.8, 4) is 11.5 Å². The highest BCUT2D eigenvalue weighted by atomic mass is 16.5. The van der Waals surface area contributed by atoms with Gasteiger partial charge in [-0.1, -0.05) is 12.1 Å². The summed E-state index contributed by atoms with van der Waals surface area (Å²) in [6.45, 7) is 0.692. The molecule has 0 saturated carbocycles. The number of benzene rings is 2. The van der Waals surface area contributed by atoms with Crippen molar-refractivity contribution >= 4 is 17.5 Å². The largest absolute Gasteiger partial charge is 0.496 e. The molecule has 0 radical (unpaired) electrons. The van der Waals surface area contributed by atoms with Gasteiger partial charge in [-0.2, -0.15) is 0 Å². The van der Waals surface area contributed by atoms with E-state index >= 15 is 0 Å². The molecule has 2 amide bonds. The van der Waals surface area contributed by atoms with E-state index < -0.39 is 0 Å². The average molecular weight is 350 g/mol. The van der Waals surface area contributed by atoms with E-state index in [1.54, 1.807) is 38.5 Å². The van der Waals surface area contributed by atoms with Gasteiger partial charge in [0.05, 0.1) is 37.6 Å². The van der Waals surface area contributed by atoms with Crippen LogP contribution in [0.25, 0.3) is 0 Å². The second kappa shape index (κ2) is 6.29. The number of carbonyl (C=O) groups is 2. The number of carbonyl (C=O) groups excluding carboxylic acids is 2. The summed E-state index contributed by atoms with van der Waals surface area (Å²) in [6.07, 6.45) is 0.724. The van der Waals surface area contributed by atoms with E-state index in [0.717, 1.165) is 23.3 Å². The molecule has 0 N–H and O–H groups in total. The summed E-state index contributed by atoms with van der Waals surface area (Å²) in [4.78, 5) is 31.2. The van der Waals surface area contributed by atoms with Crippen LogP contribution in [0.15, 0.2) is 41.4 Å². The minimum atomic E-state index is -0.290. The maximum atomic E-state index is 12.7. The van der Waals surface area contributed by atoms with Gasteiger partial charge in [0.2, 0.25) is 0 Å². The average Bonchev–Trinajstić information content (AvgIpc) is 2.92. The van der Waals surface area contributed by atoms with E-state index in [1.807, 2.05) is 12.1 Å². The Balaban J connectivity index is 1.73. The third kappa shape index (κ3) is 2.37. The fourth-order valence-electron chi connectivity index (χ4n) is 3.58. The van der Waals surface area contributed by atoms with Crippen LogP contribution < -0.4 is 9.47 Å². The summed E-state index contributed by atoms with van der Waals surface area (Å²) >= 11 is 0. The molecule has 132 valence electrons. The lowest BCUT2D eigenvalue weighted by molar-refractivity contribution is 0.0677. The van der Waals surface area contributed by atoms with E-state index in [9.17, 15) is 9.59 Å². The van der Waals surface area contributed by atoms with Crippen molar-refractivity contribution in [1.82, 2.24) is 4.90 Å². The first-order valence-electron chi connectivity index (χ1n) is 8.38. The fraction of sp³-hybridized carbons (Fsp3) is 0.250. The van der Waals surface area contributed by atoms with Gasteiger partial charge in [-0.3, -0.25) is 19.5 Å². The lowest BCUT2D eigenvalue weighted by atomic mass is 9.95. The number of fused-ring (bicyclic) bond motifs is 2. The first-order valence-corrected chi connectivity index (χ1v) is 8.38. The van der Waals surface area contributed by atoms with Crippen molar-refractivity contribution in [2.75, 3.05) is 27.3 Å². The van der Waals surface area contributed by atoms with E-state index in [2.05, 4.69) is 4.99 Å². The summed E-state index contributed by atoms with van der Waals surface area (Å²) < 4.78 is 11.0. The van der Waals surface area contributed by atoms with Crippen LogP contribution in [0.4, 0.5) is 0 Å². The molecule has 6 heteroatoms. The summed E-state index contributed by atoms with van der Waals surface area (Å²) in [7, 11) is 3.22. The van der Waals surface area contributed by atoms with E-state index in [1.165, 1.54) is 4.90 Å². The molecule has 0 fully saturated rings. The maximum absolute atomic E-state index is 12.7. The van der Waals surface area contributed by atoms with Crippen LogP contribution in [0.3, 0.4) is 0 Å². The molecule has 0 spiro atoms. The standard InChI is InChI=1S/C20H18N2O4/c1-25-16-7-8-17(26-2)18-14(16)9-10-21-15(18)11-22-19(23)12-5-3-4-6-13(12)20(22)24/h3-8H,9-11H2,1-2H3. The van der Waals surface area contributed by atoms with Gasteiger partial charge in [0.1, 0.15) is 11.5 Å². The number of imide groups is 1. The second-order valence-corrected chi connectivity index (χ2v) is 6.14. The molecule has 2 heterocycles. The molecule has 0 bridgehead atoms. The summed E-state index contributed by atoms with van der Waals surface area (Å²) in [5.41, 5.74) is 3.35. The smallest absolute Gasteiger partial charge is 0.261 e. The van der Waals surface area contributed by atoms with Gasteiger partial charge in [-0.05, 0) is 30.7 Å². The molecule has 0 aliphatic carbocycles. The molecule has 2 aliphatic rings. The van der Waals surface area contributed by atoms with Crippen molar-refractivity contribution in [3.63, 3.8) is 0 Å². The zero-order valence-corrected chi connectivity index (χ0v) is 14.6. The van der Waals surface area contributed by atoms with E-state index in [-0.39, 0.29) is 18.4 Å². The quantitative estimate of drug-likeness (QED) is 0.794. The number of hydrogen-bond donors (Lipinski definition) is 0. The van der Waals surface area contributed by atoms with E-state index in [4.69, 9.17) is 9.47 Å². The molecule has 6 nitrogen and oxygen atoms in total. The van der Waals surface area contributed by atoms with Crippen LogP contribution in [0.2, 0.25) is 0 Å². The third-order valence-electron chi connectivity index (χ3n) is 4.81. The molecule has 4 rings (SSSR count). The SMILES string of the molecule is COc1ccc(OC)c2c1CCN=C2CN1C(=O)c2ccccc2C1=O. The van der Waals surface area contributed by atoms with Crippen LogP contribution in [0.1, 0.15) is 31.8 Å². The molecule has 2 aromatic rings. The summed E-state index contributed by atoms with van der Waals surface area (Å²) in [5, 5.41) is 0. The number of rotatable bonds is 4. The predicted molar refractivity (Wildman–Crippen MR) is 96.5 cm³/mol. The molecule has 0 unspecified atom stereocenters. The van der Waals surface area contributed by atoms with Crippen molar-refractivity contribution < 1.29 is 19.1 Å². The molecule has 2 aliphatic heterocycles. The van der Waals surface area contributed by atoms with Crippen LogP contribution in [0, 0.1) is 0 Å². The fourth-order valence-corrected chi connectivity index (χ4v) is 3.58. The Morgan fingerprint density at radius 1 is 0.962 bits per heavy atom. The Hall–Kier alpha value is -3.15. The zero-order chi connectivity index (χ0) is 18.3. The minimum absolute atomic E-state index is 0.114. The minimum Gasteiger partial charge on any atom is -0.496 e. The first kappa shape index (κ1) is 16.3. The summed E-state index contributed by atoms with van der Waals surface area (Å²) in [5.74, 6) is 0.844. The molecule has 0 aromatic heterocycles. The number of nitrogens with zero attached hydrogens (tertiary/aromatic N) is 2. The van der Waals surface area contributed by atoms with Gasteiger partial charge in [-0.15, -0.1) is 0 Å². The predicted octanol–water partition coefficient (Wildman–Crippen LogP) is 2.35. The molecule has 0 saturated heterocycles. The first-order chi connectivity index (χ1) is 12.7. The Morgan fingerprint density at radius 2 is 1.58 bits per heavy atom. The van der Waals surface area contributed by atoms with Gasteiger partial charge in [0, 0.05) is 17.7 Å². The third-order valence-corrected chi connectivity index (χ3v) is 4.81. The normalized spacial score (nSPS) is 15.5. The van der Waals surface area contributed by atoms with Crippen molar-refractivity contribution in [3.05, 3.63) is 58.7 Å². The number of aliphatic imine (C=N–C) groups is 1. The summed E-state index contributed by atoms with van der Waals surface area (Å²) in [6, 6.07) is 10.6. The second-order valence-electron chi connectivity index (χ2n) is 6.14. The van der Waals surface area contributed by atoms with Gasteiger partial charge in [0.15, 0.2) is 0 Å². The van der Waals surface area contributed by atoms with Crippen molar-refractivity contribution in [1.29, 1.82) is 0 Å². The van der Waals surface area contributed by atoms with E-state index in [0.29, 0.717) is 29.1 Å². The van der Waals surface area contributed by atoms with Crippen LogP contribution in [0.5, 0.6) is 11.5 Å². The lowest BCUT2D eigenvalue weighted by Gasteiger charge is -2.24. The number of hydrogen-bond acceptors (Lipinski definition) is 5. The van der Waals surface area contributed by atoms with Gasteiger partial charge >= 0.3 is 0 Å². The Bertz CT molecular complexity index is 914. The molecular weight excluding hydrogens is 332 g/mol. The number of methoxy groups -OCH3 is 2. The zero-order valence-electron chi connectivity index (χ0n) is 14.6. The van der Waals surface area contributed by atoms with Crippen molar-refractivity contribution in [2.24, 2.45) is 4.99 Å². The highest BCUT2D eigenvalue weighted by Gasteiger charge is 2.37. The number of ether oxygens (including phenoxy) is 2. The Labute approximate surface area is 151 Å². The Morgan fingerprint density at radius 3 is 2.19 bits per heavy atom. The molecule has 2 aromatic carbocycles. The van der Waals surface area contributed by atoms with Gasteiger partial charge in [0.25, 0.3) is 11.8 Å². The Kier molecular flexibility index (Phi) is 3.95. The highest BCUT2D eigenvalue weighted by Crippen LogP contribution is 2.34. The number of amides is 2. The lowest BCUT2D eigenvalue weighted by Crippen LogP contribution is -2.36. The van der Waals surface area contributed by atoms with Crippen LogP contribution in [-0.2, 0) is 6.42 Å².